The second-order valence-electron chi connectivity index (χ2n) is 9.04. The Morgan fingerprint density at radius 3 is 2.47 bits per heavy atom. The topological polar surface area (TPSA) is 94.7 Å². The first-order valence-electron chi connectivity index (χ1n) is 11.8. The number of halogens is 2. The number of hydrogen-bond donors (Lipinski definition) is 3. The number of nitrogens with zero attached hydrogens (tertiary/aromatic N) is 1. The number of rotatable bonds is 9. The normalized spacial score (nSPS) is 18.2. The van der Waals surface area contributed by atoms with Crippen molar-refractivity contribution in [1.82, 2.24) is 15.2 Å². The lowest BCUT2D eigenvalue weighted by Gasteiger charge is -2.21. The number of carbonyl (C=O) groups is 1. The molecule has 0 saturated carbocycles. The lowest BCUT2D eigenvalue weighted by molar-refractivity contribution is -0.0498. The number of aliphatic hydroxyl groups is 1. The molecule has 2 aromatic carbocycles. The van der Waals surface area contributed by atoms with Crippen molar-refractivity contribution in [2.45, 2.75) is 50.6 Å². The first-order valence-corrected chi connectivity index (χ1v) is 11.8. The van der Waals surface area contributed by atoms with Crippen molar-refractivity contribution in [2.75, 3.05) is 7.05 Å². The van der Waals surface area contributed by atoms with Crippen LogP contribution in [0.25, 0.3) is 0 Å². The second kappa shape index (κ2) is 11.5. The van der Waals surface area contributed by atoms with E-state index in [1.54, 1.807) is 48.3 Å². The Hall–Kier alpha value is -3.56. The number of hydrogen-bond acceptors (Lipinski definition) is 5. The Morgan fingerprint density at radius 1 is 1.08 bits per heavy atom. The van der Waals surface area contributed by atoms with Gasteiger partial charge in [0.05, 0.1) is 12.6 Å². The van der Waals surface area contributed by atoms with Crippen molar-refractivity contribution in [1.29, 1.82) is 0 Å². The Bertz CT molecular complexity index is 1210. The molecule has 0 bridgehead atoms. The molecule has 36 heavy (non-hydrogen) atoms. The zero-order valence-electron chi connectivity index (χ0n) is 19.9. The Kier molecular flexibility index (Phi) is 8.12. The molecule has 1 aliphatic rings. The van der Waals surface area contributed by atoms with Crippen LogP contribution in [-0.2, 0) is 13.0 Å². The molecule has 1 aliphatic heterocycles. The average Bonchev–Trinajstić information content (AvgIpc) is 3.32. The summed E-state index contributed by atoms with van der Waals surface area (Å²) in [6, 6.07) is 18.4. The van der Waals surface area contributed by atoms with Gasteiger partial charge in [0.1, 0.15) is 5.75 Å². The van der Waals surface area contributed by atoms with E-state index in [4.69, 9.17) is 0 Å². The third kappa shape index (κ3) is 6.56. The van der Waals surface area contributed by atoms with Gasteiger partial charge in [0.15, 0.2) is 0 Å². The van der Waals surface area contributed by atoms with E-state index in [2.05, 4.69) is 15.0 Å². The lowest BCUT2D eigenvalue weighted by Crippen LogP contribution is -2.35. The van der Waals surface area contributed by atoms with Crippen molar-refractivity contribution in [2.24, 2.45) is 0 Å². The highest BCUT2D eigenvalue weighted by Gasteiger charge is 2.30. The van der Waals surface area contributed by atoms with Gasteiger partial charge in [-0.25, -0.2) is 0 Å². The van der Waals surface area contributed by atoms with E-state index >= 15 is 0 Å². The first-order chi connectivity index (χ1) is 17.3. The maximum Gasteiger partial charge on any atom is 0.387 e. The number of nitrogens with one attached hydrogen (secondary N) is 2. The number of aromatic amines is 1. The van der Waals surface area contributed by atoms with Crippen LogP contribution in [-0.4, -0.2) is 46.6 Å². The third-order valence-electron chi connectivity index (χ3n) is 6.37. The van der Waals surface area contributed by atoms with Crippen molar-refractivity contribution < 1.29 is 23.4 Å². The molecule has 9 heteroatoms. The molecule has 0 unspecified atom stereocenters. The minimum Gasteiger partial charge on any atom is -0.435 e. The molecule has 7 nitrogen and oxygen atoms in total. The number of carbonyl (C=O) groups excluding carboxylic acids is 1. The molecular weight excluding hydrogens is 468 g/mol. The molecule has 0 aliphatic carbocycles. The summed E-state index contributed by atoms with van der Waals surface area (Å²) in [4.78, 5) is 28.5. The summed E-state index contributed by atoms with van der Waals surface area (Å²) in [5.74, 6) is -0.0836. The predicted molar refractivity (Wildman–Crippen MR) is 131 cm³/mol. The summed E-state index contributed by atoms with van der Waals surface area (Å²) < 4.78 is 29.0. The highest BCUT2D eigenvalue weighted by molar-refractivity contribution is 5.94. The summed E-state index contributed by atoms with van der Waals surface area (Å²) in [6.07, 6.45) is 1.66. The monoisotopic (exact) mass is 497 g/mol. The van der Waals surface area contributed by atoms with E-state index in [0.717, 1.165) is 24.8 Å². The predicted octanol–water partition coefficient (Wildman–Crippen LogP) is 3.65. The molecule has 1 amide bonds. The summed E-state index contributed by atoms with van der Waals surface area (Å²) in [5.41, 5.74) is 2.73. The van der Waals surface area contributed by atoms with Gasteiger partial charge in [-0.3, -0.25) is 9.59 Å². The SMILES string of the molecule is CN(Cc1cccc(=O)[nH]1)C(=O)c1ccc(C[C@@H]2CC[C@H]([C@H](O)c3ccc(OC(F)F)cc3)N2)cc1. The van der Waals surface area contributed by atoms with Crippen molar-refractivity contribution in [3.63, 3.8) is 0 Å². The van der Waals surface area contributed by atoms with E-state index in [1.165, 1.54) is 18.2 Å². The van der Waals surface area contributed by atoms with Crippen LogP contribution in [0.4, 0.5) is 8.78 Å². The van der Waals surface area contributed by atoms with Crippen LogP contribution in [0.1, 0.15) is 46.1 Å². The van der Waals surface area contributed by atoms with E-state index in [9.17, 15) is 23.5 Å². The largest absolute Gasteiger partial charge is 0.435 e. The number of aliphatic hydroxyl groups excluding tert-OH is 1. The second-order valence-corrected chi connectivity index (χ2v) is 9.04. The number of H-pyrrole nitrogens is 1. The Balaban J connectivity index is 1.29. The molecule has 4 rings (SSSR count). The van der Waals surface area contributed by atoms with Gasteiger partial charge in [0, 0.05) is 36.5 Å². The number of pyridine rings is 1. The van der Waals surface area contributed by atoms with E-state index in [0.29, 0.717) is 23.4 Å². The van der Waals surface area contributed by atoms with Gasteiger partial charge in [-0.15, -0.1) is 0 Å². The lowest BCUT2D eigenvalue weighted by atomic mass is 10.0. The number of aromatic nitrogens is 1. The molecule has 1 fully saturated rings. The summed E-state index contributed by atoms with van der Waals surface area (Å²) >= 11 is 0. The van der Waals surface area contributed by atoms with Crippen LogP contribution in [0.3, 0.4) is 0 Å². The number of ether oxygens (including phenoxy) is 1. The fraction of sp³-hybridized carbons (Fsp3) is 0.333. The Labute approximate surface area is 207 Å². The van der Waals surface area contributed by atoms with Crippen molar-refractivity contribution in [3.05, 3.63) is 99.5 Å². The van der Waals surface area contributed by atoms with Gasteiger partial charge in [-0.1, -0.05) is 30.3 Å². The zero-order chi connectivity index (χ0) is 25.7. The van der Waals surface area contributed by atoms with Crippen molar-refractivity contribution in [3.8, 4) is 5.75 Å². The van der Waals surface area contributed by atoms with Crippen LogP contribution in [0.5, 0.6) is 5.75 Å². The molecule has 0 radical (unpaired) electrons. The van der Waals surface area contributed by atoms with Crippen molar-refractivity contribution >= 4 is 5.91 Å². The third-order valence-corrected chi connectivity index (χ3v) is 6.37. The molecule has 0 spiro atoms. The van der Waals surface area contributed by atoms with Crippen LogP contribution >= 0.6 is 0 Å². The fourth-order valence-corrected chi connectivity index (χ4v) is 4.54. The number of alkyl halides is 2. The standard InChI is InChI=1S/C27H29F2N3O4/c1-32(16-21-3-2-4-24(33)31-21)26(35)19-7-5-17(6-8-19)15-20-11-14-23(30-20)25(34)18-9-12-22(13-10-18)36-27(28)29/h2-10,12-13,20,23,25,27,30,34H,11,14-16H2,1H3,(H,31,33)/t20-,23+,25+/m0/s1. The van der Waals surface area contributed by atoms with Crippen LogP contribution < -0.4 is 15.6 Å². The van der Waals surface area contributed by atoms with Crippen LogP contribution in [0, 0.1) is 0 Å². The number of benzene rings is 2. The van der Waals surface area contributed by atoms with Gasteiger partial charge in [0.25, 0.3) is 5.91 Å². The molecule has 3 N–H and O–H groups in total. The minimum atomic E-state index is -2.88. The number of amides is 1. The maximum atomic E-state index is 12.8. The highest BCUT2D eigenvalue weighted by atomic mass is 19.3. The average molecular weight is 498 g/mol. The smallest absolute Gasteiger partial charge is 0.387 e. The van der Waals surface area contributed by atoms with Gasteiger partial charge < -0.3 is 25.0 Å². The van der Waals surface area contributed by atoms with Gasteiger partial charge in [0.2, 0.25) is 5.56 Å². The molecule has 1 saturated heterocycles. The zero-order valence-corrected chi connectivity index (χ0v) is 19.9. The summed E-state index contributed by atoms with van der Waals surface area (Å²) in [6.45, 7) is -2.58. The van der Waals surface area contributed by atoms with Crippen LogP contribution in [0.2, 0.25) is 0 Å². The molecule has 2 heterocycles. The molecular formula is C27H29F2N3O4. The molecule has 3 aromatic rings. The fourth-order valence-electron chi connectivity index (χ4n) is 4.54. The first kappa shape index (κ1) is 25.5. The van der Waals surface area contributed by atoms with Gasteiger partial charge in [-0.05, 0) is 60.7 Å². The van der Waals surface area contributed by atoms with Crippen LogP contribution in [0.15, 0.2) is 71.5 Å². The molecule has 3 atom stereocenters. The van der Waals surface area contributed by atoms with E-state index < -0.39 is 12.7 Å². The summed E-state index contributed by atoms with van der Waals surface area (Å²) in [7, 11) is 1.69. The van der Waals surface area contributed by atoms with Gasteiger partial charge >= 0.3 is 6.61 Å². The quantitative estimate of drug-likeness (QED) is 0.420. The Morgan fingerprint density at radius 2 is 1.81 bits per heavy atom. The molecule has 1 aromatic heterocycles. The molecule has 190 valence electrons. The highest BCUT2D eigenvalue weighted by Crippen LogP contribution is 2.28. The van der Waals surface area contributed by atoms with E-state index in [-0.39, 0.29) is 29.3 Å². The minimum absolute atomic E-state index is 0.0568. The summed E-state index contributed by atoms with van der Waals surface area (Å²) in [5, 5.41) is 14.2. The van der Waals surface area contributed by atoms with E-state index in [1.807, 2.05) is 12.1 Å². The maximum absolute atomic E-state index is 12.8. The van der Waals surface area contributed by atoms with Gasteiger partial charge in [-0.2, -0.15) is 8.78 Å².